The second-order valence-corrected chi connectivity index (χ2v) is 6.40. The third-order valence-electron chi connectivity index (χ3n) is 3.94. The van der Waals surface area contributed by atoms with E-state index in [1.165, 1.54) is 10.8 Å². The summed E-state index contributed by atoms with van der Waals surface area (Å²) in [7, 11) is 2.33. The molecule has 0 saturated carbocycles. The molecule has 0 bridgehead atoms. The first-order valence-electron chi connectivity index (χ1n) is 8.65. The highest BCUT2D eigenvalue weighted by molar-refractivity contribution is 7.13. The molecule has 27 heavy (non-hydrogen) atoms. The number of ether oxygens (including phenoxy) is 1. The lowest BCUT2D eigenvalue weighted by Gasteiger charge is -2.16. The van der Waals surface area contributed by atoms with Crippen LogP contribution in [0.5, 0.6) is 0 Å². The zero-order valence-electron chi connectivity index (χ0n) is 14.8. The minimum absolute atomic E-state index is 0.0412. The van der Waals surface area contributed by atoms with E-state index in [9.17, 15) is 4.39 Å². The first-order valence-corrected chi connectivity index (χ1v) is 9.22. The zero-order valence-corrected chi connectivity index (χ0v) is 16.0. The van der Waals surface area contributed by atoms with Crippen molar-refractivity contribution in [1.29, 1.82) is 0 Å². The Bertz CT molecular complexity index is 855. The van der Waals surface area contributed by atoms with Gasteiger partial charge >= 0.3 is 0 Å². The SMILES string of the molecule is F/C(=C\CNP)Cn1cc(C(OCc2ccccc2)c2ccccc2)nn1. The number of nitrogens with one attached hydrogen (secondary N) is 1. The van der Waals surface area contributed by atoms with Crippen LogP contribution in [-0.2, 0) is 17.9 Å². The van der Waals surface area contributed by atoms with Gasteiger partial charge in [0, 0.05) is 6.54 Å². The second-order valence-electron chi connectivity index (χ2n) is 5.99. The molecule has 0 spiro atoms. The molecule has 140 valence electrons. The van der Waals surface area contributed by atoms with Crippen LogP contribution in [0.4, 0.5) is 4.39 Å². The summed E-state index contributed by atoms with van der Waals surface area (Å²) in [5.41, 5.74) is 2.70. The van der Waals surface area contributed by atoms with Crippen LogP contribution in [0, 0.1) is 0 Å². The molecule has 0 amide bonds. The van der Waals surface area contributed by atoms with E-state index in [0.29, 0.717) is 18.8 Å². The highest BCUT2D eigenvalue weighted by atomic mass is 31.0. The molecule has 5 nitrogen and oxygen atoms in total. The largest absolute Gasteiger partial charge is 0.362 e. The fourth-order valence-electron chi connectivity index (χ4n) is 2.63. The van der Waals surface area contributed by atoms with Crippen LogP contribution < -0.4 is 5.09 Å². The van der Waals surface area contributed by atoms with E-state index in [1.54, 1.807) is 6.20 Å². The molecule has 0 saturated heterocycles. The maximum absolute atomic E-state index is 13.9. The lowest BCUT2D eigenvalue weighted by Crippen LogP contribution is -2.07. The molecule has 2 atom stereocenters. The third kappa shape index (κ3) is 5.79. The predicted molar refractivity (Wildman–Crippen MR) is 106 cm³/mol. The summed E-state index contributed by atoms with van der Waals surface area (Å²) in [5, 5.41) is 11.1. The Balaban J connectivity index is 1.77. The maximum Gasteiger partial charge on any atom is 0.128 e. The van der Waals surface area contributed by atoms with E-state index in [-0.39, 0.29) is 18.5 Å². The number of aromatic nitrogens is 3. The van der Waals surface area contributed by atoms with Gasteiger partial charge in [0.2, 0.25) is 0 Å². The standard InChI is InChI=1S/C20H22FN4OP/c21-18(11-12-22-27)13-25-14-19(23-24-25)20(17-9-5-2-6-10-17)26-15-16-7-3-1-4-8-16/h1-11,14,20,22H,12-13,15,27H2/b18-11-. The van der Waals surface area contributed by atoms with Gasteiger partial charge in [0.05, 0.1) is 19.3 Å². The number of allylic oxidation sites excluding steroid dienone is 1. The van der Waals surface area contributed by atoms with Crippen LogP contribution in [0.2, 0.25) is 0 Å². The molecule has 2 aromatic carbocycles. The lowest BCUT2D eigenvalue weighted by molar-refractivity contribution is 0.0639. The molecule has 7 heteroatoms. The number of benzene rings is 2. The lowest BCUT2D eigenvalue weighted by atomic mass is 10.1. The van der Waals surface area contributed by atoms with Crippen LogP contribution in [0.25, 0.3) is 0 Å². The maximum atomic E-state index is 13.9. The first-order chi connectivity index (χ1) is 13.3. The van der Waals surface area contributed by atoms with Gasteiger partial charge in [-0.05, 0) is 17.2 Å². The van der Waals surface area contributed by atoms with Crippen molar-refractivity contribution in [2.24, 2.45) is 0 Å². The minimum atomic E-state index is -0.374. The summed E-state index contributed by atoms with van der Waals surface area (Å²) >= 11 is 0. The highest BCUT2D eigenvalue weighted by Crippen LogP contribution is 2.25. The number of hydrogen-bond donors (Lipinski definition) is 1. The van der Waals surface area contributed by atoms with Crippen molar-refractivity contribution in [1.82, 2.24) is 20.1 Å². The van der Waals surface area contributed by atoms with Gasteiger partial charge in [0.15, 0.2) is 0 Å². The Morgan fingerprint density at radius 2 is 1.85 bits per heavy atom. The van der Waals surface area contributed by atoms with E-state index < -0.39 is 0 Å². The summed E-state index contributed by atoms with van der Waals surface area (Å²) in [6.07, 6.45) is 2.82. The Labute approximate surface area is 160 Å². The van der Waals surface area contributed by atoms with E-state index in [1.807, 2.05) is 60.7 Å². The monoisotopic (exact) mass is 384 g/mol. The van der Waals surface area contributed by atoms with Crippen molar-refractivity contribution in [3.63, 3.8) is 0 Å². The van der Waals surface area contributed by atoms with E-state index in [0.717, 1.165) is 11.1 Å². The Kier molecular flexibility index (Phi) is 7.22. The van der Waals surface area contributed by atoms with Crippen molar-refractivity contribution in [2.45, 2.75) is 19.3 Å². The van der Waals surface area contributed by atoms with Crippen LogP contribution in [0.1, 0.15) is 22.9 Å². The van der Waals surface area contributed by atoms with Gasteiger partial charge in [0.25, 0.3) is 0 Å². The highest BCUT2D eigenvalue weighted by Gasteiger charge is 2.19. The summed E-state index contributed by atoms with van der Waals surface area (Å²) in [4.78, 5) is 0. The molecule has 0 aliphatic carbocycles. The van der Waals surface area contributed by atoms with Crippen molar-refractivity contribution < 1.29 is 9.13 Å². The van der Waals surface area contributed by atoms with Crippen molar-refractivity contribution in [2.75, 3.05) is 6.54 Å². The fourth-order valence-corrected chi connectivity index (χ4v) is 2.75. The van der Waals surface area contributed by atoms with Gasteiger partial charge in [-0.2, -0.15) is 0 Å². The summed E-state index contributed by atoms with van der Waals surface area (Å²) < 4.78 is 21.5. The number of nitrogens with zero attached hydrogens (tertiary/aromatic N) is 3. The molecular weight excluding hydrogens is 362 g/mol. The Morgan fingerprint density at radius 3 is 2.56 bits per heavy atom. The molecule has 0 fully saturated rings. The molecule has 0 aliphatic heterocycles. The topological polar surface area (TPSA) is 52.0 Å². The van der Waals surface area contributed by atoms with Gasteiger partial charge in [0.1, 0.15) is 17.6 Å². The average Bonchev–Trinajstić information content (AvgIpc) is 3.16. The molecule has 1 N–H and O–H groups in total. The van der Waals surface area contributed by atoms with Gasteiger partial charge in [-0.3, -0.25) is 5.09 Å². The van der Waals surface area contributed by atoms with Crippen LogP contribution in [0.3, 0.4) is 0 Å². The zero-order chi connectivity index (χ0) is 18.9. The smallest absolute Gasteiger partial charge is 0.128 e. The van der Waals surface area contributed by atoms with E-state index in [4.69, 9.17) is 4.74 Å². The molecule has 0 aliphatic rings. The summed E-state index contributed by atoms with van der Waals surface area (Å²) in [5.74, 6) is -0.275. The molecule has 2 unspecified atom stereocenters. The number of halogens is 1. The minimum Gasteiger partial charge on any atom is -0.362 e. The van der Waals surface area contributed by atoms with Gasteiger partial charge in [-0.15, -0.1) is 5.10 Å². The van der Waals surface area contributed by atoms with Crippen LogP contribution in [0.15, 0.2) is 78.8 Å². The van der Waals surface area contributed by atoms with Gasteiger partial charge < -0.3 is 4.74 Å². The van der Waals surface area contributed by atoms with Crippen LogP contribution in [-0.4, -0.2) is 21.5 Å². The first kappa shape index (κ1) is 19.4. The number of hydrogen-bond acceptors (Lipinski definition) is 4. The molecule has 1 aromatic heterocycles. The Morgan fingerprint density at radius 1 is 1.15 bits per heavy atom. The molecule has 3 aromatic rings. The average molecular weight is 384 g/mol. The Hall–Kier alpha value is -2.40. The molecular formula is C20H22FN4OP. The fraction of sp³-hybridized carbons (Fsp3) is 0.200. The van der Waals surface area contributed by atoms with Crippen molar-refractivity contribution in [3.8, 4) is 0 Å². The van der Waals surface area contributed by atoms with Crippen molar-refractivity contribution >= 4 is 9.39 Å². The van der Waals surface area contributed by atoms with Crippen molar-refractivity contribution in [3.05, 3.63) is 95.6 Å². The second kappa shape index (κ2) is 10.1. The van der Waals surface area contributed by atoms with E-state index in [2.05, 4.69) is 24.8 Å². The van der Waals surface area contributed by atoms with Gasteiger partial charge in [-0.1, -0.05) is 75.3 Å². The third-order valence-corrected chi connectivity index (χ3v) is 4.18. The predicted octanol–water partition coefficient (Wildman–Crippen LogP) is 3.82. The van der Waals surface area contributed by atoms with Crippen LogP contribution >= 0.6 is 9.39 Å². The van der Waals surface area contributed by atoms with E-state index >= 15 is 0 Å². The summed E-state index contributed by atoms with van der Waals surface area (Å²) in [6, 6.07) is 19.8. The molecule has 1 heterocycles. The number of rotatable bonds is 9. The molecule has 0 radical (unpaired) electrons. The van der Waals surface area contributed by atoms with Gasteiger partial charge in [-0.25, -0.2) is 9.07 Å². The normalized spacial score (nSPS) is 12.9. The molecule has 3 rings (SSSR count). The quantitative estimate of drug-likeness (QED) is 0.570. The summed E-state index contributed by atoms with van der Waals surface area (Å²) in [6.45, 7) is 0.922.